The van der Waals surface area contributed by atoms with Gasteiger partial charge in [-0.2, -0.15) is 5.10 Å². The number of aromatic hydroxyl groups is 2. The molecular weight excluding hydrogens is 470 g/mol. The second-order valence-corrected chi connectivity index (χ2v) is 9.34. The van der Waals surface area contributed by atoms with Crippen LogP contribution in [0.15, 0.2) is 84.0 Å². The normalized spacial score (nSPS) is 23.4. The van der Waals surface area contributed by atoms with Crippen molar-refractivity contribution in [2.24, 2.45) is 16.9 Å². The van der Waals surface area contributed by atoms with Crippen molar-refractivity contribution in [1.82, 2.24) is 10.3 Å². The van der Waals surface area contributed by atoms with Crippen LogP contribution in [0.5, 0.6) is 11.5 Å². The maximum Gasteiger partial charge on any atom is 0.244 e. The number of nitrogens with zero attached hydrogens (tertiary/aromatic N) is 2. The number of hydrazone groups is 1. The van der Waals surface area contributed by atoms with Crippen LogP contribution in [0, 0.1) is 11.8 Å². The molecule has 2 amide bonds. The second-order valence-electron chi connectivity index (χ2n) is 9.34. The number of phenols is 2. The standard InChI is InChI=1S/C29H29N3O5/c33-22-12-11-21(23(34)17-22)18-30-31-28(35)26-24(19-7-3-1-4-8-19)27(25(26)20-9-5-2-6-10-20)29(36)32-13-15-37-16-14-32/h1-12,17-18,24-27,33-34H,13-16H2,(H,31,35)/b30-18+. The van der Waals surface area contributed by atoms with Gasteiger partial charge in [-0.25, -0.2) is 5.43 Å². The van der Waals surface area contributed by atoms with Crippen LogP contribution >= 0.6 is 0 Å². The lowest BCUT2D eigenvalue weighted by atomic mass is 9.51. The fourth-order valence-electron chi connectivity index (χ4n) is 5.44. The van der Waals surface area contributed by atoms with E-state index < -0.39 is 11.8 Å². The highest BCUT2D eigenvalue weighted by molar-refractivity contribution is 5.91. The SMILES string of the molecule is O=C(N/N=C/c1ccc(O)cc1O)C1C(c2ccccc2)C(C(=O)N2CCOCC2)C1c1ccccc1. The third kappa shape index (κ3) is 5.06. The van der Waals surface area contributed by atoms with E-state index in [0.29, 0.717) is 31.9 Å². The number of amides is 2. The highest BCUT2D eigenvalue weighted by Crippen LogP contribution is 2.58. The predicted octanol–water partition coefficient (Wildman–Crippen LogP) is 3.22. The summed E-state index contributed by atoms with van der Waals surface area (Å²) >= 11 is 0. The average Bonchev–Trinajstić information content (AvgIpc) is 2.91. The van der Waals surface area contributed by atoms with Crippen molar-refractivity contribution in [3.8, 4) is 11.5 Å². The number of phenolic OH excluding ortho intramolecular Hbond substituents is 2. The molecule has 2 atom stereocenters. The summed E-state index contributed by atoms with van der Waals surface area (Å²) in [6.07, 6.45) is 1.33. The minimum Gasteiger partial charge on any atom is -0.508 e. The first-order valence-corrected chi connectivity index (χ1v) is 12.4. The molecule has 8 heteroatoms. The van der Waals surface area contributed by atoms with E-state index in [9.17, 15) is 19.8 Å². The molecule has 1 saturated heterocycles. The lowest BCUT2D eigenvalue weighted by Gasteiger charge is -2.52. The Hall–Kier alpha value is -4.17. The quantitative estimate of drug-likeness (QED) is 0.356. The van der Waals surface area contributed by atoms with Crippen molar-refractivity contribution in [2.45, 2.75) is 11.8 Å². The number of morpholine rings is 1. The van der Waals surface area contributed by atoms with Crippen LogP contribution in [-0.2, 0) is 14.3 Å². The van der Waals surface area contributed by atoms with Crippen LogP contribution in [0.4, 0.5) is 0 Å². The molecule has 2 unspecified atom stereocenters. The van der Waals surface area contributed by atoms with Gasteiger partial charge < -0.3 is 19.8 Å². The van der Waals surface area contributed by atoms with Crippen molar-refractivity contribution in [3.63, 3.8) is 0 Å². The molecule has 1 aliphatic carbocycles. The molecule has 5 rings (SSSR count). The van der Waals surface area contributed by atoms with Crippen LogP contribution in [-0.4, -0.2) is 59.4 Å². The van der Waals surface area contributed by atoms with E-state index in [2.05, 4.69) is 10.5 Å². The summed E-state index contributed by atoms with van der Waals surface area (Å²) in [5.74, 6) is -2.05. The molecular formula is C29H29N3O5. The predicted molar refractivity (Wildman–Crippen MR) is 138 cm³/mol. The maximum absolute atomic E-state index is 13.8. The van der Waals surface area contributed by atoms with E-state index in [-0.39, 0.29) is 35.1 Å². The Bertz CT molecular complexity index is 1230. The molecule has 3 aromatic rings. The van der Waals surface area contributed by atoms with Gasteiger partial charge in [0.2, 0.25) is 11.8 Å². The average molecular weight is 500 g/mol. The zero-order valence-corrected chi connectivity index (χ0v) is 20.2. The van der Waals surface area contributed by atoms with E-state index in [1.165, 1.54) is 24.4 Å². The Balaban J connectivity index is 1.46. The Morgan fingerprint density at radius 3 is 2.03 bits per heavy atom. The van der Waals surface area contributed by atoms with Gasteiger partial charge in [-0.05, 0) is 23.3 Å². The smallest absolute Gasteiger partial charge is 0.244 e. The number of hydrogen-bond donors (Lipinski definition) is 3. The number of benzene rings is 3. The van der Waals surface area contributed by atoms with Gasteiger partial charge in [0, 0.05) is 36.6 Å². The molecule has 2 fully saturated rings. The first-order valence-electron chi connectivity index (χ1n) is 12.4. The van der Waals surface area contributed by atoms with Gasteiger partial charge in [-0.1, -0.05) is 60.7 Å². The molecule has 1 saturated carbocycles. The molecule has 2 aliphatic rings. The lowest BCUT2D eigenvalue weighted by molar-refractivity contribution is -0.151. The van der Waals surface area contributed by atoms with E-state index >= 15 is 0 Å². The molecule has 0 radical (unpaired) electrons. The van der Waals surface area contributed by atoms with Gasteiger partial charge in [-0.3, -0.25) is 9.59 Å². The number of nitrogens with one attached hydrogen (secondary N) is 1. The Morgan fingerprint density at radius 2 is 1.46 bits per heavy atom. The zero-order chi connectivity index (χ0) is 25.8. The van der Waals surface area contributed by atoms with Gasteiger partial charge in [0.25, 0.3) is 0 Å². The van der Waals surface area contributed by atoms with Crippen LogP contribution in [0.2, 0.25) is 0 Å². The number of hydrogen-bond acceptors (Lipinski definition) is 6. The molecule has 3 aromatic carbocycles. The van der Waals surface area contributed by atoms with Gasteiger partial charge in [0.1, 0.15) is 11.5 Å². The van der Waals surface area contributed by atoms with E-state index in [1.54, 1.807) is 0 Å². The third-order valence-corrected chi connectivity index (χ3v) is 7.22. The van der Waals surface area contributed by atoms with E-state index in [1.807, 2.05) is 65.6 Å². The van der Waals surface area contributed by atoms with Crippen molar-refractivity contribution in [1.29, 1.82) is 0 Å². The number of carbonyl (C=O) groups is 2. The molecule has 8 nitrogen and oxygen atoms in total. The van der Waals surface area contributed by atoms with Crippen molar-refractivity contribution < 1.29 is 24.5 Å². The summed E-state index contributed by atoms with van der Waals surface area (Å²) in [5.41, 5.74) is 4.84. The molecule has 1 heterocycles. The molecule has 37 heavy (non-hydrogen) atoms. The van der Waals surface area contributed by atoms with Crippen LogP contribution < -0.4 is 5.43 Å². The summed E-state index contributed by atoms with van der Waals surface area (Å²) in [6.45, 7) is 2.09. The molecule has 0 aromatic heterocycles. The van der Waals surface area contributed by atoms with Crippen LogP contribution in [0.3, 0.4) is 0 Å². The Labute approximate surface area is 215 Å². The van der Waals surface area contributed by atoms with Gasteiger partial charge >= 0.3 is 0 Å². The highest BCUT2D eigenvalue weighted by Gasteiger charge is 2.58. The topological polar surface area (TPSA) is 111 Å². The summed E-state index contributed by atoms with van der Waals surface area (Å²) in [4.78, 5) is 29.3. The second kappa shape index (κ2) is 10.8. The molecule has 1 aliphatic heterocycles. The zero-order valence-electron chi connectivity index (χ0n) is 20.2. The van der Waals surface area contributed by atoms with Gasteiger partial charge in [0.05, 0.1) is 31.3 Å². The van der Waals surface area contributed by atoms with Crippen molar-refractivity contribution in [3.05, 3.63) is 95.6 Å². The summed E-state index contributed by atoms with van der Waals surface area (Å²) in [5, 5.41) is 23.6. The summed E-state index contributed by atoms with van der Waals surface area (Å²) in [7, 11) is 0. The Kier molecular flexibility index (Phi) is 7.18. The lowest BCUT2D eigenvalue weighted by Crippen LogP contribution is -2.57. The maximum atomic E-state index is 13.8. The van der Waals surface area contributed by atoms with Crippen LogP contribution in [0.25, 0.3) is 0 Å². The Morgan fingerprint density at radius 1 is 0.865 bits per heavy atom. The minimum atomic E-state index is -0.523. The largest absolute Gasteiger partial charge is 0.508 e. The first kappa shape index (κ1) is 24.5. The van der Waals surface area contributed by atoms with E-state index in [4.69, 9.17) is 4.74 Å². The number of rotatable bonds is 6. The van der Waals surface area contributed by atoms with Crippen molar-refractivity contribution >= 4 is 18.0 Å². The summed E-state index contributed by atoms with van der Waals surface area (Å²) < 4.78 is 5.45. The van der Waals surface area contributed by atoms with E-state index in [0.717, 1.165) is 11.1 Å². The molecule has 0 bridgehead atoms. The van der Waals surface area contributed by atoms with Gasteiger partial charge in [0.15, 0.2) is 0 Å². The fourth-order valence-corrected chi connectivity index (χ4v) is 5.44. The van der Waals surface area contributed by atoms with Gasteiger partial charge in [-0.15, -0.1) is 0 Å². The summed E-state index contributed by atoms with van der Waals surface area (Å²) in [6, 6.07) is 23.5. The van der Waals surface area contributed by atoms with Crippen LogP contribution in [0.1, 0.15) is 28.5 Å². The molecule has 0 spiro atoms. The van der Waals surface area contributed by atoms with Crippen molar-refractivity contribution in [2.75, 3.05) is 26.3 Å². The monoisotopic (exact) mass is 499 g/mol. The highest BCUT2D eigenvalue weighted by atomic mass is 16.5. The number of carbonyl (C=O) groups excluding carboxylic acids is 2. The fraction of sp³-hybridized carbons (Fsp3) is 0.276. The molecule has 3 N–H and O–H groups in total. The third-order valence-electron chi connectivity index (χ3n) is 7.22. The minimum absolute atomic E-state index is 0.0348. The number of ether oxygens (including phenoxy) is 1. The molecule has 190 valence electrons. The first-order chi connectivity index (χ1) is 18.0.